The SMILES string of the molecule is CCCCCCCCCCCC(I)CC(F)(F)C(F)(F)C(F)(F)F. The molecule has 0 aromatic carbocycles. The Bertz CT molecular complexity index is 329. The fraction of sp³-hybridized carbons (Fsp3) is 1.00. The lowest BCUT2D eigenvalue weighted by molar-refractivity contribution is -0.355. The lowest BCUT2D eigenvalue weighted by Gasteiger charge is -2.29. The molecular formula is C16H26F7I. The molecule has 0 radical (unpaired) electrons. The maximum Gasteiger partial charge on any atom is 0.459 e. The van der Waals surface area contributed by atoms with E-state index in [1.807, 2.05) is 0 Å². The molecule has 0 aromatic rings. The van der Waals surface area contributed by atoms with Crippen molar-refractivity contribution in [2.45, 2.75) is 99.5 Å². The van der Waals surface area contributed by atoms with E-state index in [1.54, 1.807) is 0 Å². The summed E-state index contributed by atoms with van der Waals surface area (Å²) in [6, 6.07) is 0. The topological polar surface area (TPSA) is 0 Å². The van der Waals surface area contributed by atoms with E-state index in [1.165, 1.54) is 48.3 Å². The van der Waals surface area contributed by atoms with Crippen LogP contribution in [0, 0.1) is 0 Å². The summed E-state index contributed by atoms with van der Waals surface area (Å²) in [6.45, 7) is 2.13. The van der Waals surface area contributed by atoms with Gasteiger partial charge in [-0.2, -0.15) is 30.7 Å². The summed E-state index contributed by atoms with van der Waals surface area (Å²) in [5.74, 6) is -11.1. The molecule has 8 heteroatoms. The molecule has 1 unspecified atom stereocenters. The van der Waals surface area contributed by atoms with Gasteiger partial charge in [-0.15, -0.1) is 0 Å². The summed E-state index contributed by atoms with van der Waals surface area (Å²) >= 11 is 1.54. The first-order valence-electron chi connectivity index (χ1n) is 8.42. The quantitative estimate of drug-likeness (QED) is 0.109. The molecule has 0 amide bonds. The van der Waals surface area contributed by atoms with Crippen molar-refractivity contribution >= 4 is 22.6 Å². The van der Waals surface area contributed by atoms with Crippen molar-refractivity contribution in [2.75, 3.05) is 0 Å². The Hall–Kier alpha value is 0.240. The van der Waals surface area contributed by atoms with Gasteiger partial charge < -0.3 is 0 Å². The Kier molecular flexibility index (Phi) is 11.2. The fourth-order valence-electron chi connectivity index (χ4n) is 2.39. The van der Waals surface area contributed by atoms with Crippen LogP contribution in [-0.2, 0) is 0 Å². The molecule has 0 aliphatic carbocycles. The normalized spacial score (nSPS) is 14.9. The second-order valence-electron chi connectivity index (χ2n) is 6.20. The van der Waals surface area contributed by atoms with Crippen LogP contribution in [0.3, 0.4) is 0 Å². The Labute approximate surface area is 153 Å². The minimum absolute atomic E-state index is 0.222. The highest BCUT2D eigenvalue weighted by Crippen LogP contribution is 2.49. The predicted molar refractivity (Wildman–Crippen MR) is 90.2 cm³/mol. The molecule has 0 fully saturated rings. The van der Waals surface area contributed by atoms with Gasteiger partial charge in [0.15, 0.2) is 0 Å². The molecule has 24 heavy (non-hydrogen) atoms. The molecule has 0 saturated carbocycles. The predicted octanol–water partition coefficient (Wildman–Crippen LogP) is 7.93. The molecule has 0 heterocycles. The summed E-state index contributed by atoms with van der Waals surface area (Å²) < 4.78 is 87.4. The van der Waals surface area contributed by atoms with Crippen molar-refractivity contribution in [2.24, 2.45) is 0 Å². The molecule has 0 nitrogen and oxygen atoms in total. The Balaban J connectivity index is 3.95. The third-order valence-corrected chi connectivity index (χ3v) is 4.98. The maximum absolute atomic E-state index is 13.3. The fourth-order valence-corrected chi connectivity index (χ4v) is 3.39. The van der Waals surface area contributed by atoms with Gasteiger partial charge in [-0.05, 0) is 6.42 Å². The van der Waals surface area contributed by atoms with E-state index < -0.39 is 28.4 Å². The minimum atomic E-state index is -6.23. The summed E-state index contributed by atoms with van der Waals surface area (Å²) in [4.78, 5) is 0. The highest BCUT2D eigenvalue weighted by atomic mass is 127. The molecule has 0 aliphatic heterocycles. The summed E-state index contributed by atoms with van der Waals surface area (Å²) in [5, 5.41) is 0. The molecule has 0 N–H and O–H groups in total. The number of rotatable bonds is 13. The molecule has 0 aromatic heterocycles. The lowest BCUT2D eigenvalue weighted by Crippen LogP contribution is -2.52. The van der Waals surface area contributed by atoms with E-state index in [9.17, 15) is 30.7 Å². The molecule has 0 aliphatic rings. The van der Waals surface area contributed by atoms with Crippen molar-refractivity contribution < 1.29 is 30.7 Å². The van der Waals surface area contributed by atoms with Crippen LogP contribution in [0.2, 0.25) is 0 Å². The van der Waals surface area contributed by atoms with Crippen molar-refractivity contribution in [3.63, 3.8) is 0 Å². The van der Waals surface area contributed by atoms with Crippen LogP contribution >= 0.6 is 22.6 Å². The highest BCUT2D eigenvalue weighted by Gasteiger charge is 2.72. The van der Waals surface area contributed by atoms with E-state index in [4.69, 9.17) is 0 Å². The van der Waals surface area contributed by atoms with Crippen LogP contribution in [0.15, 0.2) is 0 Å². The van der Waals surface area contributed by atoms with Gasteiger partial charge in [0.05, 0.1) is 0 Å². The second kappa shape index (κ2) is 11.1. The molecule has 0 bridgehead atoms. The summed E-state index contributed by atoms with van der Waals surface area (Å²) in [7, 11) is 0. The van der Waals surface area contributed by atoms with Crippen molar-refractivity contribution in [3.05, 3.63) is 0 Å². The molecule has 0 rings (SSSR count). The van der Waals surface area contributed by atoms with Gasteiger partial charge in [0, 0.05) is 10.3 Å². The Morgan fingerprint density at radius 2 is 1.12 bits per heavy atom. The van der Waals surface area contributed by atoms with Gasteiger partial charge in [-0.25, -0.2) is 0 Å². The van der Waals surface area contributed by atoms with Gasteiger partial charge >= 0.3 is 18.0 Å². The zero-order valence-electron chi connectivity index (χ0n) is 13.9. The van der Waals surface area contributed by atoms with E-state index >= 15 is 0 Å². The first-order chi connectivity index (χ1) is 11.0. The molecule has 1 atom stereocenters. The average molecular weight is 478 g/mol. The largest absolute Gasteiger partial charge is 0.459 e. The van der Waals surface area contributed by atoms with Crippen LogP contribution in [0.1, 0.15) is 77.6 Å². The van der Waals surface area contributed by atoms with Gasteiger partial charge in [-0.1, -0.05) is 87.3 Å². The van der Waals surface area contributed by atoms with Crippen molar-refractivity contribution in [3.8, 4) is 0 Å². The minimum Gasteiger partial charge on any atom is -0.199 e. The van der Waals surface area contributed by atoms with Crippen LogP contribution < -0.4 is 0 Å². The summed E-state index contributed by atoms with van der Waals surface area (Å²) in [6.07, 6.45) is 1.73. The smallest absolute Gasteiger partial charge is 0.199 e. The molecule has 146 valence electrons. The summed E-state index contributed by atoms with van der Waals surface area (Å²) in [5.41, 5.74) is 0. The van der Waals surface area contributed by atoms with E-state index in [-0.39, 0.29) is 6.42 Å². The van der Waals surface area contributed by atoms with Crippen LogP contribution in [0.25, 0.3) is 0 Å². The number of hydrogen-bond donors (Lipinski definition) is 0. The third-order valence-electron chi connectivity index (χ3n) is 3.91. The first kappa shape index (κ1) is 24.2. The molecule has 0 spiro atoms. The lowest BCUT2D eigenvalue weighted by atomic mass is 10.0. The number of halogens is 8. The van der Waals surface area contributed by atoms with Gasteiger partial charge in [-0.3, -0.25) is 0 Å². The van der Waals surface area contributed by atoms with Crippen LogP contribution in [0.4, 0.5) is 30.7 Å². The number of hydrogen-bond acceptors (Lipinski definition) is 0. The van der Waals surface area contributed by atoms with Gasteiger partial charge in [0.2, 0.25) is 0 Å². The zero-order valence-corrected chi connectivity index (χ0v) is 16.0. The van der Waals surface area contributed by atoms with Crippen LogP contribution in [0.5, 0.6) is 0 Å². The van der Waals surface area contributed by atoms with Crippen molar-refractivity contribution in [1.29, 1.82) is 0 Å². The van der Waals surface area contributed by atoms with Crippen LogP contribution in [-0.4, -0.2) is 21.9 Å². The monoisotopic (exact) mass is 478 g/mol. The Morgan fingerprint density at radius 1 is 0.708 bits per heavy atom. The van der Waals surface area contributed by atoms with Gasteiger partial charge in [0.25, 0.3) is 0 Å². The average Bonchev–Trinajstić information content (AvgIpc) is 2.43. The van der Waals surface area contributed by atoms with E-state index in [0.29, 0.717) is 6.42 Å². The second-order valence-corrected chi connectivity index (χ2v) is 7.96. The number of unbranched alkanes of at least 4 members (excludes halogenated alkanes) is 8. The van der Waals surface area contributed by atoms with Crippen molar-refractivity contribution in [1.82, 2.24) is 0 Å². The van der Waals surface area contributed by atoms with E-state index in [2.05, 4.69) is 6.92 Å². The maximum atomic E-state index is 13.3. The van der Waals surface area contributed by atoms with Gasteiger partial charge in [0.1, 0.15) is 0 Å². The standard InChI is InChI=1S/C16H26F7I/c1-2-3-4-5-6-7-8-9-10-11-13(24)12-14(17,18)15(19,20)16(21,22)23/h13H,2-12H2,1H3. The Morgan fingerprint density at radius 3 is 1.54 bits per heavy atom. The molecular weight excluding hydrogens is 452 g/mol. The third kappa shape index (κ3) is 8.56. The highest BCUT2D eigenvalue weighted by molar-refractivity contribution is 14.1. The first-order valence-corrected chi connectivity index (χ1v) is 9.66. The molecule has 0 saturated heterocycles. The number of alkyl halides is 8. The van der Waals surface area contributed by atoms with E-state index in [0.717, 1.165) is 25.7 Å². The zero-order chi connectivity index (χ0) is 18.9.